The first-order valence-corrected chi connectivity index (χ1v) is 5.09. The van der Waals surface area contributed by atoms with E-state index in [0.29, 0.717) is 0 Å². The van der Waals surface area contributed by atoms with Crippen molar-refractivity contribution in [3.63, 3.8) is 0 Å². The maximum Gasteiger partial charge on any atom is 0.399 e. The van der Waals surface area contributed by atoms with Crippen molar-refractivity contribution in [2.45, 2.75) is 18.0 Å². The van der Waals surface area contributed by atoms with Crippen LogP contribution in [0.1, 0.15) is 0 Å². The predicted molar refractivity (Wildman–Crippen MR) is 51.9 cm³/mol. The molecule has 3 nitrogen and oxygen atoms in total. The number of esters is 1. The zero-order chi connectivity index (χ0) is 15.8. The van der Waals surface area contributed by atoms with Crippen LogP contribution in [0.25, 0.3) is 0 Å². The first-order chi connectivity index (χ1) is 8.89. The van der Waals surface area contributed by atoms with Gasteiger partial charge >= 0.3 is 18.3 Å². The largest absolute Gasteiger partial charge is 0.828 e. The standard InChI is InChI=1S/C10H4ClF6O3/c11-5-2-1-3-6(4-5)20-7(18)8(19,9(12,13)14)10(15,16)17/h1-4H/q-1. The molecule has 1 rings (SSSR count). The highest BCUT2D eigenvalue weighted by Crippen LogP contribution is 2.41. The molecule has 0 fully saturated rings. The van der Waals surface area contributed by atoms with Gasteiger partial charge in [0.05, 0.1) is 0 Å². The second kappa shape index (κ2) is 5.13. The molecule has 0 heterocycles. The molecule has 0 N–H and O–H groups in total. The van der Waals surface area contributed by atoms with Crippen LogP contribution in [0.15, 0.2) is 24.3 Å². The van der Waals surface area contributed by atoms with Crippen LogP contribution >= 0.6 is 11.6 Å². The van der Waals surface area contributed by atoms with Gasteiger partial charge in [-0.3, -0.25) is 4.79 Å². The van der Waals surface area contributed by atoms with Crippen LogP contribution in [0.2, 0.25) is 5.02 Å². The molecule has 1 aromatic rings. The van der Waals surface area contributed by atoms with Crippen molar-refractivity contribution in [2.24, 2.45) is 0 Å². The topological polar surface area (TPSA) is 49.4 Å². The first kappa shape index (κ1) is 16.6. The Hall–Kier alpha value is -1.48. The van der Waals surface area contributed by atoms with Crippen LogP contribution in [0.4, 0.5) is 26.3 Å². The Balaban J connectivity index is 3.15. The molecule has 0 amide bonds. The Morgan fingerprint density at radius 3 is 2.00 bits per heavy atom. The fraction of sp³-hybridized carbons (Fsp3) is 0.300. The smallest absolute Gasteiger partial charge is 0.399 e. The van der Waals surface area contributed by atoms with Gasteiger partial charge in [0, 0.05) is 5.02 Å². The molecule has 0 aliphatic rings. The van der Waals surface area contributed by atoms with Crippen molar-refractivity contribution in [3.8, 4) is 5.75 Å². The molecule has 0 aliphatic heterocycles. The number of hydrogen-bond donors (Lipinski definition) is 0. The molecule has 0 spiro atoms. The lowest BCUT2D eigenvalue weighted by molar-refractivity contribution is -0.573. The summed E-state index contributed by atoms with van der Waals surface area (Å²) < 4.78 is 77.5. The number of ether oxygens (including phenoxy) is 1. The van der Waals surface area contributed by atoms with E-state index in [-0.39, 0.29) is 5.02 Å². The van der Waals surface area contributed by atoms with Crippen molar-refractivity contribution in [1.29, 1.82) is 0 Å². The zero-order valence-electron chi connectivity index (χ0n) is 9.18. The molecule has 0 saturated heterocycles. The SMILES string of the molecule is O=C(Oc1cccc(Cl)c1)C([O-])(C(F)(F)F)C(F)(F)F. The molecule has 0 atom stereocenters. The summed E-state index contributed by atoms with van der Waals surface area (Å²) in [6.07, 6.45) is -12.8. The number of carbonyl (C=O) groups excluding carboxylic acids is 1. The number of halogens is 7. The molecule has 1 aromatic carbocycles. The van der Waals surface area contributed by atoms with Crippen molar-refractivity contribution in [1.82, 2.24) is 0 Å². The second-order valence-corrected chi connectivity index (χ2v) is 3.96. The number of rotatable bonds is 2. The van der Waals surface area contributed by atoms with Gasteiger partial charge in [0.1, 0.15) is 5.75 Å². The highest BCUT2D eigenvalue weighted by Gasteiger charge is 2.68. The molecule has 0 radical (unpaired) electrons. The van der Waals surface area contributed by atoms with Gasteiger partial charge in [0.25, 0.3) is 0 Å². The summed E-state index contributed by atoms with van der Waals surface area (Å²) >= 11 is 5.41. The minimum atomic E-state index is -6.40. The number of alkyl halides is 6. The normalized spacial score (nSPS) is 13.2. The average Bonchev–Trinajstić information content (AvgIpc) is 2.24. The minimum Gasteiger partial charge on any atom is -0.828 e. The average molecular weight is 322 g/mol. The first-order valence-electron chi connectivity index (χ1n) is 4.71. The van der Waals surface area contributed by atoms with Gasteiger partial charge in [0.15, 0.2) is 5.60 Å². The van der Waals surface area contributed by atoms with Gasteiger partial charge < -0.3 is 9.84 Å². The minimum absolute atomic E-state index is 0.106. The van der Waals surface area contributed by atoms with Gasteiger partial charge in [-0.1, -0.05) is 17.7 Å². The highest BCUT2D eigenvalue weighted by atomic mass is 35.5. The predicted octanol–water partition coefficient (Wildman–Crippen LogP) is 2.47. The van der Waals surface area contributed by atoms with Gasteiger partial charge in [-0.2, -0.15) is 26.3 Å². The van der Waals surface area contributed by atoms with Gasteiger partial charge in [-0.05, 0) is 18.2 Å². The van der Waals surface area contributed by atoms with Crippen LogP contribution in [-0.4, -0.2) is 23.9 Å². The Kier molecular flexibility index (Phi) is 4.25. The molecule has 20 heavy (non-hydrogen) atoms. The zero-order valence-corrected chi connectivity index (χ0v) is 9.94. The maximum absolute atomic E-state index is 12.3. The third kappa shape index (κ3) is 2.98. The van der Waals surface area contributed by atoms with E-state index in [1.165, 1.54) is 6.07 Å². The molecule has 0 saturated carbocycles. The fourth-order valence-electron chi connectivity index (χ4n) is 1.10. The monoisotopic (exact) mass is 321 g/mol. The summed E-state index contributed by atoms with van der Waals surface area (Å²) in [4.78, 5) is 11.0. The van der Waals surface area contributed by atoms with Crippen LogP contribution in [0.3, 0.4) is 0 Å². The van der Waals surface area contributed by atoms with Gasteiger partial charge in [-0.25, -0.2) is 0 Å². The molecule has 0 unspecified atom stereocenters. The van der Waals surface area contributed by atoms with E-state index in [0.717, 1.165) is 18.2 Å². The molecule has 112 valence electrons. The van der Waals surface area contributed by atoms with E-state index >= 15 is 0 Å². The van der Waals surface area contributed by atoms with E-state index in [4.69, 9.17) is 11.6 Å². The Morgan fingerprint density at radius 2 is 1.60 bits per heavy atom. The summed E-state index contributed by atoms with van der Waals surface area (Å²) in [5.74, 6) is -3.74. The number of hydrogen-bond acceptors (Lipinski definition) is 3. The second-order valence-electron chi connectivity index (χ2n) is 3.52. The number of benzene rings is 1. The molecular weight excluding hydrogens is 318 g/mol. The van der Waals surface area contributed by atoms with E-state index in [1.54, 1.807) is 0 Å². The summed E-state index contributed by atoms with van der Waals surface area (Å²) in [6.45, 7) is 0. The summed E-state index contributed by atoms with van der Waals surface area (Å²) in [7, 11) is 0. The lowest BCUT2D eigenvalue weighted by Crippen LogP contribution is -2.72. The van der Waals surface area contributed by atoms with E-state index in [1.807, 2.05) is 0 Å². The van der Waals surface area contributed by atoms with Crippen LogP contribution in [0.5, 0.6) is 5.75 Å². The van der Waals surface area contributed by atoms with Gasteiger partial charge in [-0.15, -0.1) is 0 Å². The lowest BCUT2D eigenvalue weighted by Gasteiger charge is -2.39. The van der Waals surface area contributed by atoms with Crippen molar-refractivity contribution in [3.05, 3.63) is 29.3 Å². The quantitative estimate of drug-likeness (QED) is 0.478. The third-order valence-electron chi connectivity index (χ3n) is 2.09. The summed E-state index contributed by atoms with van der Waals surface area (Å²) in [5, 5.41) is 10.9. The Labute approximate surface area is 112 Å². The van der Waals surface area contributed by atoms with E-state index in [9.17, 15) is 36.2 Å². The van der Waals surface area contributed by atoms with Crippen LogP contribution in [-0.2, 0) is 4.79 Å². The molecule has 0 aromatic heterocycles. The summed E-state index contributed by atoms with van der Waals surface area (Å²) in [5.41, 5.74) is -5.87. The fourth-order valence-corrected chi connectivity index (χ4v) is 1.28. The Bertz CT molecular complexity index is 496. The van der Waals surface area contributed by atoms with E-state index < -0.39 is 29.7 Å². The van der Waals surface area contributed by atoms with Crippen molar-refractivity contribution >= 4 is 17.6 Å². The highest BCUT2D eigenvalue weighted by molar-refractivity contribution is 6.30. The Morgan fingerprint density at radius 1 is 1.10 bits per heavy atom. The molecular formula is C10H4ClF6O3-. The summed E-state index contributed by atoms with van der Waals surface area (Å²) in [6, 6.07) is 4.00. The van der Waals surface area contributed by atoms with Gasteiger partial charge in [0.2, 0.25) is 0 Å². The van der Waals surface area contributed by atoms with Crippen molar-refractivity contribution < 1.29 is 41.0 Å². The van der Waals surface area contributed by atoms with Crippen LogP contribution in [0, 0.1) is 0 Å². The molecule has 0 bridgehead atoms. The third-order valence-corrected chi connectivity index (χ3v) is 2.33. The number of carbonyl (C=O) groups is 1. The van der Waals surface area contributed by atoms with E-state index in [2.05, 4.69) is 4.74 Å². The lowest BCUT2D eigenvalue weighted by atomic mass is 10.0. The molecule has 10 heteroatoms. The van der Waals surface area contributed by atoms with Crippen molar-refractivity contribution in [2.75, 3.05) is 0 Å². The maximum atomic E-state index is 12.3. The van der Waals surface area contributed by atoms with Crippen LogP contribution < -0.4 is 9.84 Å². The molecule has 0 aliphatic carbocycles.